The number of ketones is 2. The van der Waals surface area contributed by atoms with Gasteiger partial charge in [0.2, 0.25) is 6.29 Å². The molecule has 59 heavy (non-hydrogen) atoms. The first-order valence-electron chi connectivity index (χ1n) is 18.2. The highest BCUT2D eigenvalue weighted by Gasteiger charge is 2.52. The molecule has 17 nitrogen and oxygen atoms in total. The molecule has 0 bridgehead atoms. The number of phenols is 3. The molecule has 0 saturated carbocycles. The van der Waals surface area contributed by atoms with E-state index in [1.165, 1.54) is 58.9 Å². The van der Waals surface area contributed by atoms with Gasteiger partial charge in [-0.15, -0.1) is 0 Å². The molecule has 17 heteroatoms. The quantitative estimate of drug-likeness (QED) is 0.0913. The first kappa shape index (κ1) is 41.2. The largest absolute Gasteiger partial charge is 0.507 e. The Hall–Kier alpha value is -5.92. The molecule has 4 aromatic rings. The lowest BCUT2D eigenvalue weighted by molar-refractivity contribution is -0.399. The zero-order chi connectivity index (χ0) is 43.4. The van der Waals surface area contributed by atoms with Gasteiger partial charge in [-0.3, -0.25) is 9.59 Å². The van der Waals surface area contributed by atoms with Gasteiger partial charge in [0.05, 0.1) is 17.7 Å². The summed E-state index contributed by atoms with van der Waals surface area (Å²) in [5, 5.41) is 95.4. The highest BCUT2D eigenvalue weighted by atomic mass is 17.2. The molecule has 1 heterocycles. The molecule has 9 N–H and O–H groups in total. The van der Waals surface area contributed by atoms with E-state index >= 15 is 0 Å². The average molecular weight is 817 g/mol. The number of ether oxygens (including phenoxy) is 2. The minimum absolute atomic E-state index is 0.00213. The minimum Gasteiger partial charge on any atom is -0.507 e. The van der Waals surface area contributed by atoms with Gasteiger partial charge in [0.15, 0.2) is 22.8 Å². The second kappa shape index (κ2) is 14.1. The lowest BCUT2D eigenvalue weighted by Crippen LogP contribution is -2.60. The van der Waals surface area contributed by atoms with Crippen LogP contribution < -0.4 is 4.74 Å². The van der Waals surface area contributed by atoms with Crippen molar-refractivity contribution in [2.24, 2.45) is 0 Å². The molecule has 0 spiro atoms. The summed E-state index contributed by atoms with van der Waals surface area (Å²) in [5.74, 6) is -6.85. The molecular formula is C42H40O17. The highest BCUT2D eigenvalue weighted by molar-refractivity contribution is 6.18. The fourth-order valence-corrected chi connectivity index (χ4v) is 8.38. The normalized spacial score (nSPS) is 25.8. The Bertz CT molecular complexity index is 2520. The average Bonchev–Trinajstić information content (AvgIpc) is 3.17. The van der Waals surface area contributed by atoms with Crippen molar-refractivity contribution in [3.05, 3.63) is 114 Å². The predicted octanol–water partition coefficient (Wildman–Crippen LogP) is 2.88. The summed E-state index contributed by atoms with van der Waals surface area (Å²) in [7, 11) is 0. The number of aliphatic hydroxyl groups is 4. The van der Waals surface area contributed by atoms with Crippen molar-refractivity contribution in [1.82, 2.24) is 0 Å². The van der Waals surface area contributed by atoms with Crippen LogP contribution in [0.4, 0.5) is 0 Å². The monoisotopic (exact) mass is 816 g/mol. The Morgan fingerprint density at radius 3 is 1.58 bits per heavy atom. The summed E-state index contributed by atoms with van der Waals surface area (Å²) >= 11 is 0. The van der Waals surface area contributed by atoms with Gasteiger partial charge in [-0.1, -0.05) is 24.3 Å². The van der Waals surface area contributed by atoms with Crippen molar-refractivity contribution < 1.29 is 84.4 Å². The fourth-order valence-electron chi connectivity index (χ4n) is 8.38. The zero-order valence-corrected chi connectivity index (χ0v) is 32.3. The third-order valence-electron chi connectivity index (χ3n) is 11.7. The number of fused-ring (bicyclic) bond motifs is 4. The number of carbonyl (C=O) groups excluding carboxylic acids is 2. The number of hydrogen-bond acceptors (Lipinski definition) is 15. The molecule has 7 rings (SSSR count). The van der Waals surface area contributed by atoms with Gasteiger partial charge in [-0.25, -0.2) is 19.4 Å². The van der Waals surface area contributed by atoms with E-state index in [0.717, 1.165) is 12.1 Å². The number of phenolic OH excluding ortho intramolecular Hbond substituents is 2. The number of carboxylic acids is 2. The molecule has 1 saturated heterocycles. The van der Waals surface area contributed by atoms with Crippen LogP contribution in [-0.4, -0.2) is 107 Å². The van der Waals surface area contributed by atoms with E-state index in [0.29, 0.717) is 5.56 Å². The lowest BCUT2D eigenvalue weighted by atomic mass is 9.71. The molecule has 4 aromatic carbocycles. The van der Waals surface area contributed by atoms with Gasteiger partial charge < -0.3 is 55.4 Å². The first-order valence-corrected chi connectivity index (χ1v) is 18.2. The smallest absolute Gasteiger partial charge is 0.339 e. The van der Waals surface area contributed by atoms with Crippen LogP contribution in [0.25, 0.3) is 0 Å². The lowest BCUT2D eigenvalue weighted by Gasteiger charge is -2.43. The Labute approximate surface area is 334 Å². The first-order chi connectivity index (χ1) is 27.6. The number of aliphatic hydroxyl groups excluding tert-OH is 4. The highest BCUT2D eigenvalue weighted by Crippen LogP contribution is 2.53. The van der Waals surface area contributed by atoms with E-state index in [1.807, 2.05) is 0 Å². The summed E-state index contributed by atoms with van der Waals surface area (Å²) in [6.45, 7) is 7.71. The number of aryl methyl sites for hydroxylation is 2. The van der Waals surface area contributed by atoms with Gasteiger partial charge >= 0.3 is 11.9 Å². The molecular weight excluding hydrogens is 776 g/mol. The second-order valence-corrected chi connectivity index (χ2v) is 15.2. The van der Waals surface area contributed by atoms with Crippen molar-refractivity contribution in [3.8, 4) is 23.0 Å². The summed E-state index contributed by atoms with van der Waals surface area (Å²) in [6, 6.07) is 8.06. The molecule has 0 aromatic heterocycles. The van der Waals surface area contributed by atoms with Crippen LogP contribution >= 0.6 is 0 Å². The van der Waals surface area contributed by atoms with E-state index in [9.17, 15) is 65.1 Å². The Morgan fingerprint density at radius 2 is 1.12 bits per heavy atom. The molecule has 7 atom stereocenters. The van der Waals surface area contributed by atoms with Crippen LogP contribution in [0.15, 0.2) is 36.4 Å². The van der Waals surface area contributed by atoms with Crippen LogP contribution in [0, 0.1) is 27.7 Å². The van der Waals surface area contributed by atoms with Crippen LogP contribution in [0.2, 0.25) is 0 Å². The van der Waals surface area contributed by atoms with Gasteiger partial charge in [0.1, 0.15) is 58.5 Å². The third-order valence-corrected chi connectivity index (χ3v) is 11.7. The predicted molar refractivity (Wildman–Crippen MR) is 200 cm³/mol. The second-order valence-electron chi connectivity index (χ2n) is 15.2. The van der Waals surface area contributed by atoms with Gasteiger partial charge in [-0.05, 0) is 75.9 Å². The van der Waals surface area contributed by atoms with Crippen molar-refractivity contribution in [3.63, 3.8) is 0 Å². The molecule has 3 aliphatic rings. The van der Waals surface area contributed by atoms with Crippen molar-refractivity contribution in [2.45, 2.75) is 83.5 Å². The standard InChI is InChI=1S/C42H40O17/c1-14-7-9-18-29(31(14)45)34(48)25-16(3)27(38(52)53)22(44)11-20(25)41(18,5)58-59-42(6)19-10-8-15(2)32(46)30(19)35(49)26-17(4)28(39(54)55)23(12-21(26)42)56-40-37(51)36(50)33(47)24(13-43)57-40/h7-12,24,33,36-37,40,43-47,50-51H,13H2,1-6H3,(H,52,53)(H,54,55)/t24-,33+,36+,37-,40+,41+,42+/m0/s1. The number of carbonyl (C=O) groups is 4. The van der Waals surface area contributed by atoms with E-state index in [1.54, 1.807) is 6.92 Å². The van der Waals surface area contributed by atoms with Crippen molar-refractivity contribution in [1.29, 1.82) is 0 Å². The molecule has 310 valence electrons. The number of aromatic hydroxyl groups is 3. The number of aromatic carboxylic acids is 2. The van der Waals surface area contributed by atoms with Crippen LogP contribution in [0.1, 0.15) is 111 Å². The molecule has 1 aliphatic heterocycles. The zero-order valence-electron chi connectivity index (χ0n) is 32.3. The van der Waals surface area contributed by atoms with E-state index in [2.05, 4.69) is 0 Å². The van der Waals surface area contributed by atoms with Crippen LogP contribution in [0.3, 0.4) is 0 Å². The van der Waals surface area contributed by atoms with E-state index < -0.39 is 106 Å². The molecule has 0 unspecified atom stereocenters. The number of benzene rings is 4. The number of hydrogen-bond donors (Lipinski definition) is 9. The topological polar surface area (TPSA) is 287 Å². The SMILES string of the molecule is Cc1ccc2c(c1O)C(=O)c1c(cc(O)c(C(=O)O)c1C)[C@]2(C)OO[C@@]1(C)c2cc(O[C@@H]3O[C@@H](CO)[C@@H](O)[C@@H](O)[C@@H]3O)c(C(=O)O)c(C)c2C(=O)c2c1ccc(C)c2O. The summed E-state index contributed by atoms with van der Waals surface area (Å²) < 4.78 is 11.4. The number of carboxylic acid groups (broad SMARTS) is 2. The fraction of sp³-hybridized carbons (Fsp3) is 0.333. The van der Waals surface area contributed by atoms with Gasteiger partial charge in [0.25, 0.3) is 0 Å². The Morgan fingerprint density at radius 1 is 0.661 bits per heavy atom. The summed E-state index contributed by atoms with van der Waals surface area (Å²) in [4.78, 5) is 66.6. The maximum absolute atomic E-state index is 14.5. The Kier molecular flexibility index (Phi) is 9.88. The Balaban J connectivity index is 1.46. The minimum atomic E-state index is -2.03. The molecule has 2 aliphatic carbocycles. The van der Waals surface area contributed by atoms with E-state index in [-0.39, 0.29) is 61.2 Å². The molecule has 1 fully saturated rings. The summed E-state index contributed by atoms with van der Waals surface area (Å²) in [5.41, 5.74) is -6.08. The van der Waals surface area contributed by atoms with Gasteiger partial charge in [0, 0.05) is 33.4 Å². The van der Waals surface area contributed by atoms with Crippen LogP contribution in [-0.2, 0) is 25.7 Å². The van der Waals surface area contributed by atoms with Crippen molar-refractivity contribution in [2.75, 3.05) is 6.61 Å². The maximum Gasteiger partial charge on any atom is 0.339 e. The van der Waals surface area contributed by atoms with E-state index in [4.69, 9.17) is 19.2 Å². The number of rotatable bonds is 8. The van der Waals surface area contributed by atoms with Gasteiger partial charge in [-0.2, -0.15) is 0 Å². The maximum atomic E-state index is 14.5. The van der Waals surface area contributed by atoms with Crippen LogP contribution in [0.5, 0.6) is 23.0 Å². The van der Waals surface area contributed by atoms with Crippen molar-refractivity contribution >= 4 is 23.5 Å². The molecule has 0 radical (unpaired) electrons. The summed E-state index contributed by atoms with van der Waals surface area (Å²) in [6.07, 6.45) is -8.92. The molecule has 0 amide bonds. The third kappa shape index (κ3) is 5.88.